The lowest BCUT2D eigenvalue weighted by atomic mass is 10.1. The van der Waals surface area contributed by atoms with Gasteiger partial charge < -0.3 is 0 Å². The van der Waals surface area contributed by atoms with E-state index in [0.29, 0.717) is 11.3 Å². The molecule has 0 aromatic heterocycles. The van der Waals surface area contributed by atoms with E-state index < -0.39 is 4.92 Å². The molecule has 1 heterocycles. The van der Waals surface area contributed by atoms with Gasteiger partial charge in [0, 0.05) is 17.7 Å². The van der Waals surface area contributed by atoms with Crippen molar-refractivity contribution in [3.8, 4) is 0 Å². The van der Waals surface area contributed by atoms with Gasteiger partial charge in [-0.15, -0.1) is 0 Å². The summed E-state index contributed by atoms with van der Waals surface area (Å²) in [6.07, 6.45) is 2.98. The number of benzene rings is 1. The van der Waals surface area contributed by atoms with Crippen LogP contribution in [0.5, 0.6) is 0 Å². The molecule has 0 saturated heterocycles. The SMILES string of the molecule is O=[N+]([O-])c1cccc(C2=CN=C[N]2)c1. The Labute approximate surface area is 79.9 Å². The molecule has 1 radical (unpaired) electrons. The predicted molar refractivity (Wildman–Crippen MR) is 51.7 cm³/mol. The molecule has 5 heteroatoms. The second-order valence-electron chi connectivity index (χ2n) is 2.72. The molecule has 1 aromatic carbocycles. The van der Waals surface area contributed by atoms with E-state index in [1.165, 1.54) is 18.5 Å². The summed E-state index contributed by atoms with van der Waals surface area (Å²) in [5.74, 6) is 0. The molecule has 0 unspecified atom stereocenters. The van der Waals surface area contributed by atoms with Crippen LogP contribution in [0.4, 0.5) is 5.69 Å². The number of hydrogen-bond donors (Lipinski definition) is 0. The number of nitrogens with zero attached hydrogens (tertiary/aromatic N) is 3. The second-order valence-corrected chi connectivity index (χ2v) is 2.72. The van der Waals surface area contributed by atoms with Crippen molar-refractivity contribution >= 4 is 17.7 Å². The Morgan fingerprint density at radius 2 is 2.21 bits per heavy atom. The molecule has 0 atom stereocenters. The highest BCUT2D eigenvalue weighted by Gasteiger charge is 2.10. The van der Waals surface area contributed by atoms with Crippen molar-refractivity contribution in [1.82, 2.24) is 5.32 Å². The van der Waals surface area contributed by atoms with Crippen LogP contribution < -0.4 is 5.32 Å². The van der Waals surface area contributed by atoms with E-state index in [1.807, 2.05) is 0 Å². The van der Waals surface area contributed by atoms with Crippen molar-refractivity contribution < 1.29 is 4.92 Å². The van der Waals surface area contributed by atoms with Crippen LogP contribution in [0.3, 0.4) is 0 Å². The number of aliphatic imine (C=N–C) groups is 1. The van der Waals surface area contributed by atoms with Crippen molar-refractivity contribution in [2.45, 2.75) is 0 Å². The van der Waals surface area contributed by atoms with Crippen LogP contribution in [0.1, 0.15) is 5.56 Å². The van der Waals surface area contributed by atoms with Crippen molar-refractivity contribution in [1.29, 1.82) is 0 Å². The first-order chi connectivity index (χ1) is 6.77. The summed E-state index contributed by atoms with van der Waals surface area (Å²) in [7, 11) is 0. The number of hydrogen-bond acceptors (Lipinski definition) is 3. The van der Waals surface area contributed by atoms with Crippen LogP contribution in [0.2, 0.25) is 0 Å². The lowest BCUT2D eigenvalue weighted by Gasteiger charge is -1.99. The standard InChI is InChI=1S/C9H6N3O2/c13-12(14)8-3-1-2-7(4-8)9-5-10-6-11-9/h1-6H. The van der Waals surface area contributed by atoms with E-state index in [9.17, 15) is 10.1 Å². The monoisotopic (exact) mass is 188 g/mol. The van der Waals surface area contributed by atoms with Gasteiger partial charge in [0.1, 0.15) is 6.34 Å². The summed E-state index contributed by atoms with van der Waals surface area (Å²) in [4.78, 5) is 13.9. The predicted octanol–water partition coefficient (Wildman–Crippen LogP) is 1.54. The summed E-state index contributed by atoms with van der Waals surface area (Å²) in [5, 5.41) is 14.4. The van der Waals surface area contributed by atoms with Gasteiger partial charge in [-0.05, 0) is 0 Å². The molecule has 1 aromatic rings. The Morgan fingerprint density at radius 1 is 1.36 bits per heavy atom. The molecular weight excluding hydrogens is 182 g/mol. The van der Waals surface area contributed by atoms with E-state index in [0.717, 1.165) is 0 Å². The number of nitro groups is 1. The molecule has 0 saturated carbocycles. The first kappa shape index (κ1) is 8.43. The summed E-state index contributed by atoms with van der Waals surface area (Å²) in [5.41, 5.74) is 1.41. The molecule has 0 N–H and O–H groups in total. The van der Waals surface area contributed by atoms with E-state index in [-0.39, 0.29) is 5.69 Å². The van der Waals surface area contributed by atoms with Gasteiger partial charge in [0.2, 0.25) is 0 Å². The zero-order valence-electron chi connectivity index (χ0n) is 7.12. The Kier molecular flexibility index (Phi) is 1.98. The molecule has 0 amide bonds. The first-order valence-corrected chi connectivity index (χ1v) is 3.95. The van der Waals surface area contributed by atoms with Gasteiger partial charge in [-0.2, -0.15) is 0 Å². The van der Waals surface area contributed by atoms with E-state index >= 15 is 0 Å². The Hall–Kier alpha value is -2.17. The molecule has 0 fully saturated rings. The number of nitro benzene ring substituents is 1. The minimum atomic E-state index is -0.431. The van der Waals surface area contributed by atoms with E-state index in [2.05, 4.69) is 10.3 Å². The summed E-state index contributed by atoms with van der Waals surface area (Å²) >= 11 is 0. The van der Waals surface area contributed by atoms with Crippen LogP contribution in [0.15, 0.2) is 35.5 Å². The van der Waals surface area contributed by atoms with Gasteiger partial charge in [0.05, 0.1) is 16.8 Å². The molecule has 1 aliphatic rings. The molecule has 5 nitrogen and oxygen atoms in total. The molecule has 0 aliphatic carbocycles. The maximum atomic E-state index is 10.5. The molecule has 0 bridgehead atoms. The van der Waals surface area contributed by atoms with Gasteiger partial charge in [0.15, 0.2) is 0 Å². The summed E-state index contributed by atoms with van der Waals surface area (Å²) in [6, 6.07) is 6.31. The average Bonchev–Trinajstić information content (AvgIpc) is 2.71. The molecule has 1 aliphatic heterocycles. The van der Waals surface area contributed by atoms with Gasteiger partial charge in [-0.25, -0.2) is 10.3 Å². The average molecular weight is 188 g/mol. The van der Waals surface area contributed by atoms with Gasteiger partial charge in [-0.1, -0.05) is 12.1 Å². The maximum Gasteiger partial charge on any atom is 0.270 e. The van der Waals surface area contributed by atoms with Crippen LogP contribution in [0.25, 0.3) is 5.70 Å². The largest absolute Gasteiger partial charge is 0.270 e. The smallest absolute Gasteiger partial charge is 0.258 e. The Balaban J connectivity index is 2.35. The maximum absolute atomic E-state index is 10.5. The third-order valence-electron chi connectivity index (χ3n) is 1.81. The topological polar surface area (TPSA) is 69.6 Å². The van der Waals surface area contributed by atoms with Crippen LogP contribution >= 0.6 is 0 Å². The fourth-order valence-corrected chi connectivity index (χ4v) is 1.16. The number of rotatable bonds is 2. The van der Waals surface area contributed by atoms with E-state index in [1.54, 1.807) is 18.3 Å². The highest BCUT2D eigenvalue weighted by molar-refractivity contribution is 5.80. The summed E-state index contributed by atoms with van der Waals surface area (Å²) < 4.78 is 0. The first-order valence-electron chi connectivity index (χ1n) is 3.95. The normalized spacial score (nSPS) is 13.6. The zero-order valence-corrected chi connectivity index (χ0v) is 7.12. The van der Waals surface area contributed by atoms with E-state index in [4.69, 9.17) is 0 Å². The van der Waals surface area contributed by atoms with Crippen LogP contribution in [-0.2, 0) is 0 Å². The fourth-order valence-electron chi connectivity index (χ4n) is 1.16. The second kappa shape index (κ2) is 3.29. The van der Waals surface area contributed by atoms with Gasteiger partial charge in [-0.3, -0.25) is 10.1 Å². The van der Waals surface area contributed by atoms with Crippen molar-refractivity contribution in [3.05, 3.63) is 46.1 Å². The minimum Gasteiger partial charge on any atom is -0.258 e. The third-order valence-corrected chi connectivity index (χ3v) is 1.81. The summed E-state index contributed by atoms with van der Waals surface area (Å²) in [6.45, 7) is 0. The lowest BCUT2D eigenvalue weighted by Crippen LogP contribution is -1.96. The molecule has 69 valence electrons. The Morgan fingerprint density at radius 3 is 2.86 bits per heavy atom. The van der Waals surface area contributed by atoms with Crippen LogP contribution in [0, 0.1) is 10.1 Å². The Bertz CT molecular complexity index is 437. The lowest BCUT2D eigenvalue weighted by molar-refractivity contribution is -0.384. The molecule has 0 spiro atoms. The quantitative estimate of drug-likeness (QED) is 0.521. The minimum absolute atomic E-state index is 0.0606. The van der Waals surface area contributed by atoms with Crippen molar-refractivity contribution in [2.24, 2.45) is 4.99 Å². The third kappa shape index (κ3) is 1.47. The number of non-ortho nitro benzene ring substituents is 1. The molecule has 14 heavy (non-hydrogen) atoms. The van der Waals surface area contributed by atoms with Crippen molar-refractivity contribution in [2.75, 3.05) is 0 Å². The fraction of sp³-hybridized carbons (Fsp3) is 0. The molecular formula is C9H6N3O2. The highest BCUT2D eigenvalue weighted by Crippen LogP contribution is 2.20. The highest BCUT2D eigenvalue weighted by atomic mass is 16.6. The van der Waals surface area contributed by atoms with Gasteiger partial charge in [0.25, 0.3) is 5.69 Å². The van der Waals surface area contributed by atoms with Gasteiger partial charge >= 0.3 is 0 Å². The van der Waals surface area contributed by atoms with Crippen LogP contribution in [-0.4, -0.2) is 11.3 Å². The zero-order chi connectivity index (χ0) is 9.97. The van der Waals surface area contributed by atoms with Crippen molar-refractivity contribution in [3.63, 3.8) is 0 Å². The molecule has 2 rings (SSSR count).